The van der Waals surface area contributed by atoms with Crippen LogP contribution in [0.1, 0.15) is 11.3 Å². The van der Waals surface area contributed by atoms with E-state index >= 15 is 0 Å². The van der Waals surface area contributed by atoms with Gasteiger partial charge in [0.15, 0.2) is 11.5 Å². The minimum atomic E-state index is 0.100. The topological polar surface area (TPSA) is 42.4 Å². The molecule has 3 nitrogen and oxygen atoms in total. The fourth-order valence-electron chi connectivity index (χ4n) is 2.20. The lowest BCUT2D eigenvalue weighted by molar-refractivity contribution is 0.372. The molecule has 0 aliphatic heterocycles. The molecule has 22 heavy (non-hydrogen) atoms. The van der Waals surface area contributed by atoms with Gasteiger partial charge in [-0.15, -0.1) is 0 Å². The van der Waals surface area contributed by atoms with Crippen LogP contribution in [0, 0.1) is 0 Å². The maximum Gasteiger partial charge on any atom is 0.172 e. The van der Waals surface area contributed by atoms with Crippen molar-refractivity contribution in [3.8, 4) is 11.5 Å². The summed E-state index contributed by atoms with van der Waals surface area (Å²) in [4.78, 5) is 4.59. The van der Waals surface area contributed by atoms with Crippen LogP contribution in [0.25, 0.3) is 23.1 Å². The smallest absolute Gasteiger partial charge is 0.172 e. The molecule has 0 bridgehead atoms. The molecule has 0 fully saturated rings. The van der Waals surface area contributed by atoms with Crippen LogP contribution in [-0.4, -0.2) is 17.2 Å². The van der Waals surface area contributed by atoms with Gasteiger partial charge in [-0.1, -0.05) is 30.3 Å². The van der Waals surface area contributed by atoms with Crippen molar-refractivity contribution in [2.75, 3.05) is 7.11 Å². The molecule has 0 aliphatic rings. The SMILES string of the molecule is COc1cc(/C=C/c2ccc3ccccc3n2)cc(Br)c1O. The molecular weight excluding hydrogens is 342 g/mol. The number of nitrogens with zero attached hydrogens (tertiary/aromatic N) is 1. The molecule has 0 unspecified atom stereocenters. The summed E-state index contributed by atoms with van der Waals surface area (Å²) in [6.07, 6.45) is 3.87. The molecule has 110 valence electrons. The Kier molecular flexibility index (Phi) is 4.11. The summed E-state index contributed by atoms with van der Waals surface area (Å²) in [7, 11) is 1.53. The number of fused-ring (bicyclic) bond motifs is 1. The number of benzene rings is 2. The summed E-state index contributed by atoms with van der Waals surface area (Å²) < 4.78 is 5.74. The Morgan fingerprint density at radius 3 is 2.73 bits per heavy atom. The fraction of sp³-hybridized carbons (Fsp3) is 0.0556. The lowest BCUT2D eigenvalue weighted by atomic mass is 10.1. The first-order chi connectivity index (χ1) is 10.7. The highest BCUT2D eigenvalue weighted by Crippen LogP contribution is 2.35. The fourth-order valence-corrected chi connectivity index (χ4v) is 2.66. The molecule has 0 amide bonds. The highest BCUT2D eigenvalue weighted by molar-refractivity contribution is 9.10. The standard InChI is InChI=1S/C18H14BrNO2/c1-22-17-11-12(10-15(19)18(17)21)6-8-14-9-7-13-4-2-3-5-16(13)20-14/h2-11,21H,1H3/b8-6+. The van der Waals surface area contributed by atoms with Crippen LogP contribution in [0.5, 0.6) is 11.5 Å². The number of hydrogen-bond acceptors (Lipinski definition) is 3. The van der Waals surface area contributed by atoms with E-state index in [9.17, 15) is 5.11 Å². The zero-order valence-corrected chi connectivity index (χ0v) is 13.5. The average Bonchev–Trinajstić information content (AvgIpc) is 2.55. The number of phenols is 1. The molecule has 3 aromatic rings. The molecule has 0 atom stereocenters. The van der Waals surface area contributed by atoms with Crippen molar-refractivity contribution in [2.24, 2.45) is 0 Å². The molecule has 3 rings (SSSR count). The number of rotatable bonds is 3. The van der Waals surface area contributed by atoms with Gasteiger partial charge in [-0.05, 0) is 51.8 Å². The zero-order chi connectivity index (χ0) is 15.5. The Hall–Kier alpha value is -2.33. The highest BCUT2D eigenvalue weighted by atomic mass is 79.9. The molecule has 0 saturated heterocycles. The first kappa shape index (κ1) is 14.6. The Labute approximate surface area is 137 Å². The predicted molar refractivity (Wildman–Crippen MR) is 93.0 cm³/mol. The average molecular weight is 356 g/mol. The van der Waals surface area contributed by atoms with E-state index in [-0.39, 0.29) is 5.75 Å². The van der Waals surface area contributed by atoms with Gasteiger partial charge < -0.3 is 9.84 Å². The summed E-state index contributed by atoms with van der Waals surface area (Å²) in [6.45, 7) is 0. The first-order valence-electron chi connectivity index (χ1n) is 6.78. The Bertz CT molecular complexity index is 859. The molecular formula is C18H14BrNO2. The maximum atomic E-state index is 9.82. The maximum absolute atomic E-state index is 9.82. The lowest BCUT2D eigenvalue weighted by Gasteiger charge is -2.06. The molecule has 1 aromatic heterocycles. The number of hydrogen-bond donors (Lipinski definition) is 1. The normalized spacial score (nSPS) is 11.2. The van der Waals surface area contributed by atoms with Crippen LogP contribution < -0.4 is 4.74 Å². The molecule has 1 N–H and O–H groups in total. The van der Waals surface area contributed by atoms with E-state index < -0.39 is 0 Å². The van der Waals surface area contributed by atoms with Crippen molar-refractivity contribution < 1.29 is 9.84 Å². The van der Waals surface area contributed by atoms with Gasteiger partial charge in [0.1, 0.15) is 0 Å². The third-order valence-corrected chi connectivity index (χ3v) is 3.94. The van der Waals surface area contributed by atoms with Crippen molar-refractivity contribution in [3.63, 3.8) is 0 Å². The monoisotopic (exact) mass is 355 g/mol. The van der Waals surface area contributed by atoms with Crippen molar-refractivity contribution >= 4 is 39.0 Å². The quantitative estimate of drug-likeness (QED) is 0.727. The second-order valence-electron chi connectivity index (χ2n) is 4.82. The largest absolute Gasteiger partial charge is 0.503 e. The zero-order valence-electron chi connectivity index (χ0n) is 12.0. The molecule has 0 aliphatic carbocycles. The van der Waals surface area contributed by atoms with Gasteiger partial charge in [-0.25, -0.2) is 4.98 Å². The van der Waals surface area contributed by atoms with Gasteiger partial charge in [0.2, 0.25) is 0 Å². The number of ether oxygens (including phenoxy) is 1. The molecule has 2 aromatic carbocycles. The van der Waals surface area contributed by atoms with E-state index in [1.807, 2.05) is 48.6 Å². The number of phenolic OH excluding ortho intramolecular Hbond substituents is 1. The third kappa shape index (κ3) is 2.97. The van der Waals surface area contributed by atoms with E-state index in [2.05, 4.69) is 27.0 Å². The predicted octanol–water partition coefficient (Wildman–Crippen LogP) is 4.88. The highest BCUT2D eigenvalue weighted by Gasteiger charge is 2.07. The summed E-state index contributed by atoms with van der Waals surface area (Å²) in [5, 5.41) is 10.9. The second kappa shape index (κ2) is 6.20. The summed E-state index contributed by atoms with van der Waals surface area (Å²) in [6, 6.07) is 15.6. The van der Waals surface area contributed by atoms with Gasteiger partial charge in [0, 0.05) is 5.39 Å². The van der Waals surface area contributed by atoms with Crippen molar-refractivity contribution in [3.05, 3.63) is 64.3 Å². The second-order valence-corrected chi connectivity index (χ2v) is 5.67. The molecule has 0 saturated carbocycles. The lowest BCUT2D eigenvalue weighted by Crippen LogP contribution is -1.86. The van der Waals surface area contributed by atoms with E-state index in [1.165, 1.54) is 7.11 Å². The number of pyridine rings is 1. The molecule has 4 heteroatoms. The number of aromatic hydroxyl groups is 1. The van der Waals surface area contributed by atoms with Crippen molar-refractivity contribution in [1.82, 2.24) is 4.98 Å². The molecule has 0 radical (unpaired) electrons. The van der Waals surface area contributed by atoms with Gasteiger partial charge in [-0.2, -0.15) is 0 Å². The third-order valence-electron chi connectivity index (χ3n) is 3.34. The van der Waals surface area contributed by atoms with Crippen LogP contribution >= 0.6 is 15.9 Å². The Morgan fingerprint density at radius 2 is 1.91 bits per heavy atom. The minimum absolute atomic E-state index is 0.100. The number of halogens is 1. The van der Waals surface area contributed by atoms with Crippen LogP contribution in [0.4, 0.5) is 0 Å². The van der Waals surface area contributed by atoms with Crippen LogP contribution in [-0.2, 0) is 0 Å². The van der Waals surface area contributed by atoms with E-state index in [1.54, 1.807) is 6.07 Å². The molecule has 1 heterocycles. The van der Waals surface area contributed by atoms with Gasteiger partial charge >= 0.3 is 0 Å². The number of methoxy groups -OCH3 is 1. The first-order valence-corrected chi connectivity index (χ1v) is 7.57. The summed E-state index contributed by atoms with van der Waals surface area (Å²) in [5.74, 6) is 0.531. The summed E-state index contributed by atoms with van der Waals surface area (Å²) in [5.41, 5.74) is 2.76. The number of para-hydroxylation sites is 1. The van der Waals surface area contributed by atoms with E-state index in [0.29, 0.717) is 10.2 Å². The van der Waals surface area contributed by atoms with E-state index in [0.717, 1.165) is 22.2 Å². The van der Waals surface area contributed by atoms with E-state index in [4.69, 9.17) is 4.74 Å². The van der Waals surface area contributed by atoms with Crippen molar-refractivity contribution in [2.45, 2.75) is 0 Å². The number of aromatic nitrogens is 1. The minimum Gasteiger partial charge on any atom is -0.503 e. The van der Waals surface area contributed by atoms with Gasteiger partial charge in [0.25, 0.3) is 0 Å². The van der Waals surface area contributed by atoms with Crippen LogP contribution in [0.3, 0.4) is 0 Å². The van der Waals surface area contributed by atoms with Gasteiger partial charge in [-0.3, -0.25) is 0 Å². The van der Waals surface area contributed by atoms with Crippen molar-refractivity contribution in [1.29, 1.82) is 0 Å². The summed E-state index contributed by atoms with van der Waals surface area (Å²) >= 11 is 3.32. The van der Waals surface area contributed by atoms with Gasteiger partial charge in [0.05, 0.1) is 22.8 Å². The Morgan fingerprint density at radius 1 is 1.09 bits per heavy atom. The molecule has 0 spiro atoms. The van der Waals surface area contributed by atoms with Crippen LogP contribution in [0.15, 0.2) is 53.0 Å². The van der Waals surface area contributed by atoms with Crippen LogP contribution in [0.2, 0.25) is 0 Å². The Balaban J connectivity index is 1.94.